The van der Waals surface area contributed by atoms with Crippen LogP contribution in [-0.2, 0) is 13.6 Å². The molecule has 0 radical (unpaired) electrons. The molecule has 6 nitrogen and oxygen atoms in total. The number of aliphatic imine (C=N–C) groups is 1. The summed E-state index contributed by atoms with van der Waals surface area (Å²) in [6.45, 7) is 4.96. The molecular formula is C18H26FIN6. The number of hydrogen-bond donors (Lipinski definition) is 2. The second-order valence-corrected chi connectivity index (χ2v) is 6.27. The molecule has 2 N–H and O–H groups in total. The normalized spacial score (nSPS) is 17.1. The lowest BCUT2D eigenvalue weighted by Crippen LogP contribution is -2.44. The van der Waals surface area contributed by atoms with E-state index in [2.05, 4.69) is 32.9 Å². The maximum absolute atomic E-state index is 13.9. The lowest BCUT2D eigenvalue weighted by atomic mass is 10.3. The van der Waals surface area contributed by atoms with E-state index in [1.165, 1.54) is 11.6 Å². The highest BCUT2D eigenvalue weighted by atomic mass is 127. The first-order valence-corrected chi connectivity index (χ1v) is 8.67. The van der Waals surface area contributed by atoms with E-state index in [-0.39, 0.29) is 35.8 Å². The van der Waals surface area contributed by atoms with Gasteiger partial charge in [0.2, 0.25) is 0 Å². The van der Waals surface area contributed by atoms with Gasteiger partial charge in [-0.1, -0.05) is 0 Å². The maximum Gasteiger partial charge on any atom is 0.191 e. The van der Waals surface area contributed by atoms with Crippen molar-refractivity contribution >= 4 is 35.8 Å². The van der Waals surface area contributed by atoms with Crippen LogP contribution in [0.4, 0.5) is 10.2 Å². The highest BCUT2D eigenvalue weighted by Gasteiger charge is 2.25. The largest absolute Gasteiger partial charge is 0.357 e. The van der Waals surface area contributed by atoms with Crippen LogP contribution in [-0.4, -0.2) is 41.2 Å². The fourth-order valence-corrected chi connectivity index (χ4v) is 3.02. The van der Waals surface area contributed by atoms with Gasteiger partial charge in [0.05, 0.1) is 6.54 Å². The molecule has 0 amide bonds. The average molecular weight is 472 g/mol. The van der Waals surface area contributed by atoms with E-state index >= 15 is 0 Å². The average Bonchev–Trinajstić information content (AvgIpc) is 3.22. The van der Waals surface area contributed by atoms with Crippen molar-refractivity contribution in [3.05, 3.63) is 48.2 Å². The highest BCUT2D eigenvalue weighted by Crippen LogP contribution is 2.20. The Kier molecular flexibility index (Phi) is 7.67. The number of pyridine rings is 1. The second kappa shape index (κ2) is 9.75. The molecule has 0 saturated carbocycles. The van der Waals surface area contributed by atoms with Crippen molar-refractivity contribution in [1.82, 2.24) is 20.2 Å². The Morgan fingerprint density at radius 3 is 2.96 bits per heavy atom. The molecule has 1 aliphatic heterocycles. The SMILES string of the molecule is CCNC(=NCc1ccn(C)c1)NC1CCN(c2ncccc2F)C1.I. The van der Waals surface area contributed by atoms with Crippen LogP contribution in [0.5, 0.6) is 0 Å². The van der Waals surface area contributed by atoms with E-state index in [1.807, 2.05) is 29.6 Å². The molecule has 0 aromatic carbocycles. The fourth-order valence-electron chi connectivity index (χ4n) is 3.02. The summed E-state index contributed by atoms with van der Waals surface area (Å²) in [5.41, 5.74) is 1.17. The third kappa shape index (κ3) is 5.33. The summed E-state index contributed by atoms with van der Waals surface area (Å²) in [6, 6.07) is 5.35. The third-order valence-electron chi connectivity index (χ3n) is 4.22. The Morgan fingerprint density at radius 2 is 2.27 bits per heavy atom. The standard InChI is InChI=1S/C18H25FN6.HI/c1-3-20-18(22-11-14-6-9-24(2)12-14)23-15-7-10-25(13-15)17-16(19)5-4-8-21-17;/h4-6,8-9,12,15H,3,7,10-11,13H2,1-2H3,(H2,20,22,23);1H. The van der Waals surface area contributed by atoms with Crippen LogP contribution in [0.25, 0.3) is 0 Å². The molecule has 0 aliphatic carbocycles. The first-order valence-electron chi connectivity index (χ1n) is 8.67. The summed E-state index contributed by atoms with van der Waals surface area (Å²) in [7, 11) is 2.00. The predicted octanol–water partition coefficient (Wildman–Crippen LogP) is 2.51. The van der Waals surface area contributed by atoms with Gasteiger partial charge in [0.25, 0.3) is 0 Å². The Bertz CT molecular complexity index is 732. The molecular weight excluding hydrogens is 446 g/mol. The second-order valence-electron chi connectivity index (χ2n) is 6.27. The summed E-state index contributed by atoms with van der Waals surface area (Å²) in [5, 5.41) is 6.73. The number of aryl methyl sites for hydroxylation is 1. The van der Waals surface area contributed by atoms with Gasteiger partial charge in [-0.05, 0) is 37.1 Å². The molecule has 3 heterocycles. The van der Waals surface area contributed by atoms with Crippen LogP contribution in [0.3, 0.4) is 0 Å². The summed E-state index contributed by atoms with van der Waals surface area (Å²) >= 11 is 0. The minimum atomic E-state index is -0.271. The van der Waals surface area contributed by atoms with Gasteiger partial charge in [-0.2, -0.15) is 0 Å². The molecule has 2 aromatic heterocycles. The van der Waals surface area contributed by atoms with Gasteiger partial charge in [-0.3, -0.25) is 0 Å². The van der Waals surface area contributed by atoms with E-state index in [0.717, 1.165) is 25.5 Å². The number of nitrogens with one attached hydrogen (secondary N) is 2. The maximum atomic E-state index is 13.9. The molecule has 26 heavy (non-hydrogen) atoms. The Hall–Kier alpha value is -1.84. The lowest BCUT2D eigenvalue weighted by molar-refractivity contribution is 0.612. The minimum Gasteiger partial charge on any atom is -0.357 e. The number of aromatic nitrogens is 2. The van der Waals surface area contributed by atoms with Crippen molar-refractivity contribution in [3.8, 4) is 0 Å². The fraction of sp³-hybridized carbons (Fsp3) is 0.444. The van der Waals surface area contributed by atoms with E-state index in [4.69, 9.17) is 0 Å². The van der Waals surface area contributed by atoms with Crippen molar-refractivity contribution in [3.63, 3.8) is 0 Å². The van der Waals surface area contributed by atoms with Crippen LogP contribution >= 0.6 is 24.0 Å². The number of guanidine groups is 1. The molecule has 1 fully saturated rings. The van der Waals surface area contributed by atoms with Crippen molar-refractivity contribution in [2.24, 2.45) is 12.0 Å². The first-order chi connectivity index (χ1) is 12.2. The van der Waals surface area contributed by atoms with E-state index < -0.39 is 0 Å². The molecule has 142 valence electrons. The van der Waals surface area contributed by atoms with Crippen LogP contribution in [0.15, 0.2) is 41.8 Å². The lowest BCUT2D eigenvalue weighted by Gasteiger charge is -2.19. The molecule has 1 saturated heterocycles. The molecule has 8 heteroatoms. The monoisotopic (exact) mass is 472 g/mol. The Morgan fingerprint density at radius 1 is 1.42 bits per heavy atom. The van der Waals surface area contributed by atoms with Gasteiger partial charge in [0.1, 0.15) is 0 Å². The van der Waals surface area contributed by atoms with Crippen LogP contribution in [0.1, 0.15) is 18.9 Å². The first kappa shape index (κ1) is 20.5. The smallest absolute Gasteiger partial charge is 0.191 e. The van der Waals surface area contributed by atoms with Crippen LogP contribution < -0.4 is 15.5 Å². The van der Waals surface area contributed by atoms with E-state index in [9.17, 15) is 4.39 Å². The predicted molar refractivity (Wildman–Crippen MR) is 114 cm³/mol. The Labute approximate surface area is 170 Å². The Balaban J connectivity index is 0.00000243. The zero-order chi connectivity index (χ0) is 17.6. The molecule has 0 bridgehead atoms. The van der Waals surface area contributed by atoms with Gasteiger partial charge >= 0.3 is 0 Å². The highest BCUT2D eigenvalue weighted by molar-refractivity contribution is 14.0. The summed E-state index contributed by atoms with van der Waals surface area (Å²) in [4.78, 5) is 10.8. The molecule has 1 atom stereocenters. The van der Waals surface area contributed by atoms with Crippen molar-refractivity contribution in [2.45, 2.75) is 25.9 Å². The number of hydrogen-bond acceptors (Lipinski definition) is 3. The van der Waals surface area contributed by atoms with E-state index in [1.54, 1.807) is 12.3 Å². The zero-order valence-electron chi connectivity index (χ0n) is 15.2. The van der Waals surface area contributed by atoms with Crippen LogP contribution in [0.2, 0.25) is 0 Å². The molecule has 1 aliphatic rings. The van der Waals surface area contributed by atoms with Crippen molar-refractivity contribution < 1.29 is 4.39 Å². The molecule has 1 unspecified atom stereocenters. The minimum absolute atomic E-state index is 0. The van der Waals surface area contributed by atoms with Gasteiger partial charge < -0.3 is 20.1 Å². The van der Waals surface area contributed by atoms with Gasteiger partial charge in [0.15, 0.2) is 17.6 Å². The van der Waals surface area contributed by atoms with E-state index in [0.29, 0.717) is 18.9 Å². The number of nitrogens with zero attached hydrogens (tertiary/aromatic N) is 4. The third-order valence-corrected chi connectivity index (χ3v) is 4.22. The number of anilines is 1. The summed E-state index contributed by atoms with van der Waals surface area (Å²) in [5.74, 6) is 0.950. The summed E-state index contributed by atoms with van der Waals surface area (Å²) in [6.07, 6.45) is 6.63. The quantitative estimate of drug-likeness (QED) is 0.399. The molecule has 0 spiro atoms. The number of halogens is 2. The molecule has 3 rings (SSSR count). The van der Waals surface area contributed by atoms with Gasteiger partial charge in [-0.25, -0.2) is 14.4 Å². The summed E-state index contributed by atoms with van der Waals surface area (Å²) < 4.78 is 15.9. The van der Waals surface area contributed by atoms with Crippen molar-refractivity contribution in [1.29, 1.82) is 0 Å². The van der Waals surface area contributed by atoms with Gasteiger partial charge in [0, 0.05) is 51.3 Å². The van der Waals surface area contributed by atoms with Crippen LogP contribution in [0, 0.1) is 5.82 Å². The molecule has 2 aromatic rings. The zero-order valence-corrected chi connectivity index (χ0v) is 17.5. The van der Waals surface area contributed by atoms with Crippen molar-refractivity contribution in [2.75, 3.05) is 24.5 Å². The van der Waals surface area contributed by atoms with Gasteiger partial charge in [-0.15, -0.1) is 24.0 Å². The topological polar surface area (TPSA) is 57.5 Å². The number of rotatable bonds is 5.